The predicted octanol–water partition coefficient (Wildman–Crippen LogP) is 8.82. The lowest BCUT2D eigenvalue weighted by atomic mass is 9.24. The highest BCUT2D eigenvalue weighted by Crippen LogP contribution is 2.83. The molecular formula is C30H49Cl. The van der Waals surface area contributed by atoms with Crippen molar-refractivity contribution in [2.24, 2.45) is 73.9 Å². The van der Waals surface area contributed by atoms with Gasteiger partial charge in [-0.3, -0.25) is 0 Å². The summed E-state index contributed by atoms with van der Waals surface area (Å²) >= 11 is 7.53. The van der Waals surface area contributed by atoms with E-state index in [1.165, 1.54) is 44.9 Å². The Labute approximate surface area is 198 Å². The Morgan fingerprint density at radius 2 is 0.968 bits per heavy atom. The van der Waals surface area contributed by atoms with Gasteiger partial charge in [0, 0.05) is 5.38 Å². The van der Waals surface area contributed by atoms with Gasteiger partial charge in [-0.05, 0) is 119 Å². The minimum absolute atomic E-state index is 0.262. The average Bonchev–Trinajstić information content (AvgIpc) is 2.68. The molecule has 0 amide bonds. The summed E-state index contributed by atoms with van der Waals surface area (Å²) in [6.07, 6.45) is 10.1. The van der Waals surface area contributed by atoms with Crippen LogP contribution in [-0.2, 0) is 0 Å². The highest BCUT2D eigenvalue weighted by atomic mass is 35.5. The maximum absolute atomic E-state index is 7.53. The standard InChI is InChI=1S/C30H49Cl/c1-25(2)17-10-11-28(7,20(25)12-17)23-15-18-13-21(26(18,3)4)29(23,8)30(9)22-14-19(16-24(30)31)27(22,5)6/h17-24H,10-16H2,1-9H3. The van der Waals surface area contributed by atoms with Crippen molar-refractivity contribution in [1.29, 1.82) is 0 Å². The molecule has 0 saturated heterocycles. The third kappa shape index (κ3) is 2.11. The van der Waals surface area contributed by atoms with Gasteiger partial charge in [0.25, 0.3) is 0 Å². The van der Waals surface area contributed by atoms with E-state index in [2.05, 4.69) is 62.3 Å². The Bertz CT molecular complexity index is 805. The Kier molecular flexibility index (Phi) is 4.04. The fraction of sp³-hybridized carbons (Fsp3) is 1.00. The van der Waals surface area contributed by atoms with E-state index in [0.717, 1.165) is 41.4 Å². The first-order valence-corrected chi connectivity index (χ1v) is 14.2. The first kappa shape index (κ1) is 21.8. The second-order valence-corrected chi connectivity index (χ2v) is 16.5. The van der Waals surface area contributed by atoms with E-state index < -0.39 is 0 Å². The van der Waals surface area contributed by atoms with Crippen molar-refractivity contribution in [2.75, 3.05) is 0 Å². The molecule has 9 aliphatic carbocycles. The number of fused-ring (bicyclic) bond motifs is 8. The van der Waals surface area contributed by atoms with Crippen molar-refractivity contribution in [2.45, 2.75) is 113 Å². The summed E-state index contributed by atoms with van der Waals surface area (Å²) in [5.41, 5.74) is 2.66. The van der Waals surface area contributed by atoms with Gasteiger partial charge >= 0.3 is 0 Å². The molecule has 9 fully saturated rings. The first-order valence-electron chi connectivity index (χ1n) is 13.8. The number of hydrogen-bond acceptors (Lipinski definition) is 0. The molecular weight excluding hydrogens is 396 g/mol. The van der Waals surface area contributed by atoms with Gasteiger partial charge in [-0.25, -0.2) is 0 Å². The molecule has 0 N–H and O–H groups in total. The van der Waals surface area contributed by atoms with Gasteiger partial charge < -0.3 is 0 Å². The molecule has 0 spiro atoms. The molecule has 176 valence electrons. The predicted molar refractivity (Wildman–Crippen MR) is 132 cm³/mol. The zero-order valence-corrected chi connectivity index (χ0v) is 22.7. The van der Waals surface area contributed by atoms with Crippen LogP contribution in [0.5, 0.6) is 0 Å². The van der Waals surface area contributed by atoms with E-state index in [0.29, 0.717) is 32.5 Å². The van der Waals surface area contributed by atoms with Crippen molar-refractivity contribution in [3.8, 4) is 0 Å². The zero-order valence-electron chi connectivity index (χ0n) is 21.9. The molecule has 0 aromatic heterocycles. The molecule has 0 aromatic carbocycles. The number of rotatable bonds is 2. The van der Waals surface area contributed by atoms with Crippen LogP contribution in [0.1, 0.15) is 107 Å². The summed E-state index contributed by atoms with van der Waals surface area (Å²) in [6.45, 7) is 23.9. The van der Waals surface area contributed by atoms with Crippen molar-refractivity contribution in [3.63, 3.8) is 0 Å². The van der Waals surface area contributed by atoms with Crippen LogP contribution in [0.2, 0.25) is 0 Å². The molecule has 6 bridgehead atoms. The fourth-order valence-corrected chi connectivity index (χ4v) is 13.1. The number of alkyl halides is 1. The lowest BCUT2D eigenvalue weighted by Gasteiger charge is -2.81. The fourth-order valence-electron chi connectivity index (χ4n) is 12.5. The zero-order chi connectivity index (χ0) is 22.6. The highest BCUT2D eigenvalue weighted by Gasteiger charge is 2.78. The summed E-state index contributed by atoms with van der Waals surface area (Å²) in [5.74, 6) is 6.21. The summed E-state index contributed by atoms with van der Waals surface area (Å²) < 4.78 is 0. The van der Waals surface area contributed by atoms with Gasteiger partial charge in [-0.2, -0.15) is 0 Å². The molecule has 0 aromatic rings. The SMILES string of the molecule is CC1(C)C2CCC(C)(C3CC4CC(C4(C)C)C3(C)C3(C)C(Cl)CC4CC3C4(C)C)C1C2. The Hall–Kier alpha value is 0.290. The summed E-state index contributed by atoms with van der Waals surface area (Å²) in [4.78, 5) is 0. The summed E-state index contributed by atoms with van der Waals surface area (Å²) in [5, 5.41) is 0.360. The average molecular weight is 445 g/mol. The lowest BCUT2D eigenvalue weighted by Crippen LogP contribution is -2.76. The van der Waals surface area contributed by atoms with Crippen LogP contribution in [0.4, 0.5) is 0 Å². The number of hydrogen-bond donors (Lipinski definition) is 0. The molecule has 31 heavy (non-hydrogen) atoms. The van der Waals surface area contributed by atoms with Gasteiger partial charge in [-0.1, -0.05) is 62.3 Å². The molecule has 11 unspecified atom stereocenters. The monoisotopic (exact) mass is 444 g/mol. The van der Waals surface area contributed by atoms with Crippen molar-refractivity contribution >= 4 is 11.6 Å². The minimum atomic E-state index is 0.262. The van der Waals surface area contributed by atoms with Crippen LogP contribution in [-0.4, -0.2) is 5.38 Å². The van der Waals surface area contributed by atoms with E-state index in [1.807, 2.05) is 0 Å². The molecule has 9 aliphatic rings. The maximum atomic E-state index is 7.53. The molecule has 0 aliphatic heterocycles. The molecule has 0 radical (unpaired) electrons. The second-order valence-electron chi connectivity index (χ2n) is 16.0. The maximum Gasteiger partial charge on any atom is 0.0400 e. The van der Waals surface area contributed by atoms with Gasteiger partial charge in [0.2, 0.25) is 0 Å². The van der Waals surface area contributed by atoms with E-state index in [1.54, 1.807) is 0 Å². The molecule has 1 heteroatoms. The molecule has 9 rings (SSSR count). The largest absolute Gasteiger partial charge is 0.122 e. The quantitative estimate of drug-likeness (QED) is 0.373. The molecule has 9 saturated carbocycles. The third-order valence-corrected chi connectivity index (χ3v) is 15.7. The minimum Gasteiger partial charge on any atom is -0.122 e. The van der Waals surface area contributed by atoms with Crippen molar-refractivity contribution in [1.82, 2.24) is 0 Å². The van der Waals surface area contributed by atoms with Gasteiger partial charge in [-0.15, -0.1) is 11.6 Å². The van der Waals surface area contributed by atoms with Crippen molar-refractivity contribution in [3.05, 3.63) is 0 Å². The molecule has 11 atom stereocenters. The van der Waals surface area contributed by atoms with Crippen LogP contribution < -0.4 is 0 Å². The third-order valence-electron chi connectivity index (χ3n) is 15.0. The Balaban J connectivity index is 1.50. The summed E-state index contributed by atoms with van der Waals surface area (Å²) in [7, 11) is 0. The number of halogens is 1. The molecule has 0 nitrogen and oxygen atoms in total. The lowest BCUT2D eigenvalue weighted by molar-refractivity contribution is -0.322. The van der Waals surface area contributed by atoms with Crippen LogP contribution in [0, 0.1) is 73.9 Å². The second kappa shape index (κ2) is 5.74. The van der Waals surface area contributed by atoms with Gasteiger partial charge in [0.1, 0.15) is 0 Å². The Morgan fingerprint density at radius 1 is 0.516 bits per heavy atom. The Morgan fingerprint density at radius 3 is 1.48 bits per heavy atom. The smallest absolute Gasteiger partial charge is 0.0400 e. The van der Waals surface area contributed by atoms with E-state index in [9.17, 15) is 0 Å². The van der Waals surface area contributed by atoms with Crippen molar-refractivity contribution < 1.29 is 0 Å². The normalized spacial score (nSPS) is 62.1. The summed E-state index contributed by atoms with van der Waals surface area (Å²) in [6, 6.07) is 0. The van der Waals surface area contributed by atoms with E-state index in [4.69, 9.17) is 11.6 Å². The topological polar surface area (TPSA) is 0 Å². The van der Waals surface area contributed by atoms with Gasteiger partial charge in [0.15, 0.2) is 0 Å². The first-order chi connectivity index (χ1) is 14.1. The van der Waals surface area contributed by atoms with Crippen LogP contribution in [0.3, 0.4) is 0 Å². The van der Waals surface area contributed by atoms with E-state index >= 15 is 0 Å². The van der Waals surface area contributed by atoms with Crippen LogP contribution in [0.15, 0.2) is 0 Å². The highest BCUT2D eigenvalue weighted by molar-refractivity contribution is 6.21. The molecule has 0 heterocycles. The van der Waals surface area contributed by atoms with Crippen LogP contribution in [0.25, 0.3) is 0 Å². The van der Waals surface area contributed by atoms with Crippen LogP contribution >= 0.6 is 11.6 Å². The van der Waals surface area contributed by atoms with Gasteiger partial charge in [0.05, 0.1) is 0 Å². The van der Waals surface area contributed by atoms with E-state index in [-0.39, 0.29) is 5.41 Å².